The molecule has 2 amide bonds. The molecule has 1 aliphatic heterocycles. The van der Waals surface area contributed by atoms with E-state index in [2.05, 4.69) is 21.2 Å². The number of fused-ring (bicyclic) bond motifs is 1. The van der Waals surface area contributed by atoms with Crippen LogP contribution in [0.2, 0.25) is 0 Å². The highest BCUT2D eigenvalue weighted by molar-refractivity contribution is 9.10. The van der Waals surface area contributed by atoms with Crippen molar-refractivity contribution in [3.63, 3.8) is 0 Å². The first-order valence-corrected chi connectivity index (χ1v) is 9.53. The van der Waals surface area contributed by atoms with Crippen molar-refractivity contribution in [3.8, 4) is 0 Å². The molecule has 2 aromatic rings. The van der Waals surface area contributed by atoms with Crippen LogP contribution < -0.4 is 5.32 Å². The van der Waals surface area contributed by atoms with Gasteiger partial charge in [-0.25, -0.2) is 0 Å². The first-order chi connectivity index (χ1) is 11.9. The summed E-state index contributed by atoms with van der Waals surface area (Å²) in [6, 6.07) is 11.6. The van der Waals surface area contributed by atoms with Gasteiger partial charge in [-0.15, -0.1) is 0 Å². The molecule has 1 N–H and O–H groups in total. The fraction of sp³-hybridized carbons (Fsp3) is 0.400. The number of likely N-dealkylation sites (tertiary alicyclic amines) is 1. The average Bonchev–Trinajstić information content (AvgIpc) is 3.04. The number of hydrogen-bond donors (Lipinski definition) is 1. The summed E-state index contributed by atoms with van der Waals surface area (Å²) >= 11 is 3.47. The molecule has 132 valence electrons. The van der Waals surface area contributed by atoms with Crippen molar-refractivity contribution in [3.05, 3.63) is 40.9 Å². The lowest BCUT2D eigenvalue weighted by Gasteiger charge is -2.24. The maximum Gasteiger partial charge on any atom is 0.247 e. The minimum atomic E-state index is -0.355. The van der Waals surface area contributed by atoms with Crippen molar-refractivity contribution < 1.29 is 9.59 Å². The van der Waals surface area contributed by atoms with Crippen LogP contribution in [0.25, 0.3) is 10.8 Å². The van der Waals surface area contributed by atoms with E-state index in [1.54, 1.807) is 4.90 Å². The third-order valence-electron chi connectivity index (χ3n) is 4.53. The number of nitrogens with zero attached hydrogens (tertiary/aromatic N) is 1. The highest BCUT2D eigenvalue weighted by atomic mass is 79.9. The number of benzene rings is 2. The Morgan fingerprint density at radius 2 is 1.92 bits per heavy atom. The fourth-order valence-corrected chi connectivity index (χ4v) is 3.70. The first kappa shape index (κ1) is 17.9. The van der Waals surface area contributed by atoms with Gasteiger partial charge in [-0.3, -0.25) is 9.59 Å². The molecule has 1 saturated heterocycles. The van der Waals surface area contributed by atoms with Crippen LogP contribution in [0.15, 0.2) is 40.9 Å². The number of carbonyl (C=O) groups is 2. The van der Waals surface area contributed by atoms with Crippen molar-refractivity contribution in [1.82, 2.24) is 4.90 Å². The molecule has 25 heavy (non-hydrogen) atoms. The second-order valence-electron chi connectivity index (χ2n) is 7.04. The van der Waals surface area contributed by atoms with E-state index >= 15 is 0 Å². The monoisotopic (exact) mass is 402 g/mol. The van der Waals surface area contributed by atoms with E-state index in [0.29, 0.717) is 18.9 Å². The molecule has 5 heteroatoms. The number of carbonyl (C=O) groups excluding carboxylic acids is 2. The zero-order valence-electron chi connectivity index (χ0n) is 14.6. The van der Waals surface area contributed by atoms with Gasteiger partial charge < -0.3 is 10.2 Å². The summed E-state index contributed by atoms with van der Waals surface area (Å²) < 4.78 is 1.03. The van der Waals surface area contributed by atoms with Crippen LogP contribution >= 0.6 is 15.9 Å². The van der Waals surface area contributed by atoms with Crippen LogP contribution in [0.5, 0.6) is 0 Å². The van der Waals surface area contributed by atoms with Crippen LogP contribution in [0.1, 0.15) is 33.1 Å². The molecule has 0 aromatic heterocycles. The third-order valence-corrected chi connectivity index (χ3v) is 5.02. The zero-order valence-corrected chi connectivity index (χ0v) is 16.2. The lowest BCUT2D eigenvalue weighted by molar-refractivity contribution is -0.137. The molecule has 0 bridgehead atoms. The van der Waals surface area contributed by atoms with Gasteiger partial charge in [-0.1, -0.05) is 41.9 Å². The Labute approximate surface area is 156 Å². The predicted molar refractivity (Wildman–Crippen MR) is 104 cm³/mol. The molecule has 1 aliphatic rings. The van der Waals surface area contributed by atoms with E-state index in [1.165, 1.54) is 0 Å². The van der Waals surface area contributed by atoms with Crippen LogP contribution in [0, 0.1) is 5.92 Å². The van der Waals surface area contributed by atoms with Crippen molar-refractivity contribution in [1.29, 1.82) is 0 Å². The minimum absolute atomic E-state index is 0.0796. The number of amides is 2. The molecule has 1 heterocycles. The van der Waals surface area contributed by atoms with Crippen LogP contribution in [0.3, 0.4) is 0 Å². The van der Waals surface area contributed by atoms with Crippen molar-refractivity contribution >= 4 is 44.2 Å². The summed E-state index contributed by atoms with van der Waals surface area (Å²) in [6.07, 6.45) is 2.11. The highest BCUT2D eigenvalue weighted by Gasteiger charge is 2.34. The third kappa shape index (κ3) is 4.21. The van der Waals surface area contributed by atoms with Crippen LogP contribution in [0.4, 0.5) is 5.69 Å². The molecule has 0 saturated carbocycles. The SMILES string of the molecule is CC(C)CC(=O)N1CCC[C@H]1C(=O)Nc1ccc2cc(Br)ccc2c1. The quantitative estimate of drug-likeness (QED) is 0.813. The van der Waals surface area contributed by atoms with Crippen LogP contribution in [-0.4, -0.2) is 29.3 Å². The summed E-state index contributed by atoms with van der Waals surface area (Å²) in [5, 5.41) is 5.17. The average molecular weight is 403 g/mol. The van der Waals surface area contributed by atoms with Crippen molar-refractivity contribution in [2.45, 2.75) is 39.2 Å². The fourth-order valence-electron chi connectivity index (χ4n) is 3.32. The molecule has 1 fully saturated rings. The Morgan fingerprint density at radius 3 is 2.68 bits per heavy atom. The van der Waals surface area contributed by atoms with Gasteiger partial charge >= 0.3 is 0 Å². The van der Waals surface area contributed by atoms with Crippen LogP contribution in [-0.2, 0) is 9.59 Å². The van der Waals surface area contributed by atoms with Crippen molar-refractivity contribution in [2.75, 3.05) is 11.9 Å². The summed E-state index contributed by atoms with van der Waals surface area (Å²) in [6.45, 7) is 4.72. The lowest BCUT2D eigenvalue weighted by Crippen LogP contribution is -2.43. The predicted octanol–water partition coefficient (Wildman–Crippen LogP) is 4.58. The molecule has 3 rings (SSSR count). The molecule has 0 radical (unpaired) electrons. The van der Waals surface area contributed by atoms with E-state index in [4.69, 9.17) is 0 Å². The maximum atomic E-state index is 12.7. The smallest absolute Gasteiger partial charge is 0.247 e. The van der Waals surface area contributed by atoms with Gasteiger partial charge in [0.05, 0.1) is 0 Å². The molecular formula is C20H23BrN2O2. The van der Waals surface area contributed by atoms with Crippen molar-refractivity contribution in [2.24, 2.45) is 5.92 Å². The van der Waals surface area contributed by atoms with Gasteiger partial charge in [0.2, 0.25) is 11.8 Å². The Morgan fingerprint density at radius 1 is 1.20 bits per heavy atom. The maximum absolute atomic E-state index is 12.7. The number of hydrogen-bond acceptors (Lipinski definition) is 2. The molecule has 0 spiro atoms. The largest absolute Gasteiger partial charge is 0.331 e. The molecule has 2 aromatic carbocycles. The Hall–Kier alpha value is -1.88. The van der Waals surface area contributed by atoms with Gasteiger partial charge in [-0.2, -0.15) is 0 Å². The summed E-state index contributed by atoms with van der Waals surface area (Å²) in [5.74, 6) is 0.290. The Bertz CT molecular complexity index is 803. The second-order valence-corrected chi connectivity index (χ2v) is 7.95. The van der Waals surface area contributed by atoms with Gasteiger partial charge in [0, 0.05) is 23.1 Å². The first-order valence-electron chi connectivity index (χ1n) is 8.73. The summed E-state index contributed by atoms with van der Waals surface area (Å²) in [7, 11) is 0. The van der Waals surface area contributed by atoms with E-state index in [1.807, 2.05) is 50.2 Å². The van der Waals surface area contributed by atoms with E-state index in [0.717, 1.165) is 33.8 Å². The lowest BCUT2D eigenvalue weighted by atomic mass is 10.1. The van der Waals surface area contributed by atoms with Gasteiger partial charge in [0.25, 0.3) is 0 Å². The number of anilines is 1. The van der Waals surface area contributed by atoms with E-state index < -0.39 is 0 Å². The van der Waals surface area contributed by atoms with Gasteiger partial charge in [0.15, 0.2) is 0 Å². The minimum Gasteiger partial charge on any atom is -0.331 e. The molecule has 0 unspecified atom stereocenters. The molecule has 4 nitrogen and oxygen atoms in total. The molecular weight excluding hydrogens is 380 g/mol. The molecule has 1 atom stereocenters. The second kappa shape index (κ2) is 7.56. The zero-order chi connectivity index (χ0) is 18.0. The standard InChI is InChI=1S/C20H23BrN2O2/c1-13(2)10-19(24)23-9-3-4-18(23)20(25)22-17-8-6-14-11-16(21)7-5-15(14)12-17/h5-8,11-13,18H,3-4,9-10H2,1-2H3,(H,22,25)/t18-/m0/s1. The number of nitrogens with one attached hydrogen (secondary N) is 1. The van der Waals surface area contributed by atoms with Gasteiger partial charge in [-0.05, 0) is 53.8 Å². The van der Waals surface area contributed by atoms with Gasteiger partial charge in [0.1, 0.15) is 6.04 Å². The summed E-state index contributed by atoms with van der Waals surface area (Å²) in [5.41, 5.74) is 0.767. The van der Waals surface area contributed by atoms with E-state index in [-0.39, 0.29) is 17.9 Å². The number of rotatable bonds is 4. The number of halogens is 1. The normalized spacial score (nSPS) is 17.3. The highest BCUT2D eigenvalue weighted by Crippen LogP contribution is 2.25. The Balaban J connectivity index is 1.72. The molecule has 0 aliphatic carbocycles. The Kier molecular flexibility index (Phi) is 5.42. The summed E-state index contributed by atoms with van der Waals surface area (Å²) in [4.78, 5) is 26.8. The van der Waals surface area contributed by atoms with E-state index in [9.17, 15) is 9.59 Å². The topological polar surface area (TPSA) is 49.4 Å².